The highest BCUT2D eigenvalue weighted by molar-refractivity contribution is 8.72. The van der Waals surface area contributed by atoms with Gasteiger partial charge in [-0.05, 0) is 28.9 Å². The topological polar surface area (TPSA) is 110 Å². The minimum atomic E-state index is -3.57. The van der Waals surface area contributed by atoms with E-state index >= 15 is 0 Å². The van der Waals surface area contributed by atoms with Crippen LogP contribution in [0, 0.1) is 0 Å². The Morgan fingerprint density at radius 2 is 1.93 bits per heavy atom. The maximum absolute atomic E-state index is 12.7. The Morgan fingerprint density at radius 1 is 1.32 bits per heavy atom. The lowest BCUT2D eigenvalue weighted by Crippen LogP contribution is -2.73. The summed E-state index contributed by atoms with van der Waals surface area (Å²) < 4.78 is 28.3. The lowest BCUT2D eigenvalue weighted by Gasteiger charge is -2.49. The van der Waals surface area contributed by atoms with Gasteiger partial charge in [0.15, 0.2) is 6.04 Å². The Morgan fingerprint density at radius 3 is 2.43 bits per heavy atom. The largest absolute Gasteiger partial charge is 0.467 e. The predicted octanol–water partition coefficient (Wildman–Crippen LogP) is 0.693. The van der Waals surface area contributed by atoms with Crippen LogP contribution in [-0.2, 0) is 34.4 Å². The molecule has 1 aromatic carbocycles. The van der Waals surface area contributed by atoms with Gasteiger partial charge in [0.05, 0.1) is 13.5 Å². The van der Waals surface area contributed by atoms with Crippen molar-refractivity contribution in [3.63, 3.8) is 0 Å². The number of ether oxygens (including phenoxy) is 1. The van der Waals surface area contributed by atoms with Crippen molar-refractivity contribution in [2.24, 2.45) is 0 Å². The average molecular weight is 427 g/mol. The summed E-state index contributed by atoms with van der Waals surface area (Å²) in [6.45, 7) is 5.23. The summed E-state index contributed by atoms with van der Waals surface area (Å²) in [4.78, 5) is 38.2. The van der Waals surface area contributed by atoms with E-state index in [9.17, 15) is 22.8 Å². The lowest BCUT2D eigenvalue weighted by atomic mass is 9.99. The third-order valence-electron chi connectivity index (χ3n) is 4.05. The van der Waals surface area contributed by atoms with Crippen LogP contribution in [0.25, 0.3) is 0 Å². The molecular formula is C18H22N2O6S2. The second-order valence-corrected chi connectivity index (χ2v) is 10.9. The fraction of sp³-hybridized carbons (Fsp3) is 0.389. The summed E-state index contributed by atoms with van der Waals surface area (Å²) in [5.74, 6) is -1.72. The van der Waals surface area contributed by atoms with Crippen molar-refractivity contribution in [3.8, 4) is 0 Å². The standard InChI is InChI=1S/C18H22N2O6S2/c1-11(2)15(18(23)26-3)20-16(22)14(17(20)27-28(4,24)25)19-13(21)10-12-8-6-5-7-9-12/h5-9,14-15,17H,1,10H2,2-4H3,(H,19,21). The molecule has 1 fully saturated rings. The van der Waals surface area contributed by atoms with Gasteiger partial charge < -0.3 is 15.0 Å². The van der Waals surface area contributed by atoms with E-state index in [4.69, 9.17) is 4.74 Å². The summed E-state index contributed by atoms with van der Waals surface area (Å²) in [5, 5.41) is 1.60. The highest BCUT2D eigenvalue weighted by Crippen LogP contribution is 2.36. The summed E-state index contributed by atoms with van der Waals surface area (Å²) >= 11 is 0. The van der Waals surface area contributed by atoms with Gasteiger partial charge in [-0.2, -0.15) is 0 Å². The van der Waals surface area contributed by atoms with Crippen molar-refractivity contribution in [3.05, 3.63) is 48.0 Å². The van der Waals surface area contributed by atoms with Crippen molar-refractivity contribution in [1.82, 2.24) is 10.2 Å². The zero-order valence-corrected chi connectivity index (χ0v) is 17.4. The number of rotatable bonds is 8. The number of carbonyl (C=O) groups is 3. The fourth-order valence-electron chi connectivity index (χ4n) is 2.84. The van der Waals surface area contributed by atoms with E-state index < -0.39 is 44.1 Å². The van der Waals surface area contributed by atoms with E-state index in [0.29, 0.717) is 16.4 Å². The number of esters is 1. The highest BCUT2D eigenvalue weighted by atomic mass is 33.1. The Hall–Kier alpha value is -2.33. The van der Waals surface area contributed by atoms with Gasteiger partial charge in [-0.25, -0.2) is 13.2 Å². The molecule has 2 rings (SSSR count). The minimum Gasteiger partial charge on any atom is -0.467 e. The second kappa shape index (κ2) is 8.78. The number of likely N-dealkylation sites (tertiary alicyclic amines) is 1. The van der Waals surface area contributed by atoms with Gasteiger partial charge >= 0.3 is 5.97 Å². The van der Waals surface area contributed by atoms with Crippen LogP contribution in [0.2, 0.25) is 0 Å². The monoisotopic (exact) mass is 426 g/mol. The molecule has 2 amide bonds. The van der Waals surface area contributed by atoms with Crippen LogP contribution in [0.15, 0.2) is 42.5 Å². The number of hydrogen-bond acceptors (Lipinski definition) is 7. The third-order valence-corrected chi connectivity index (χ3v) is 6.73. The summed E-state index contributed by atoms with van der Waals surface area (Å²) in [5.41, 5.74) is 1.08. The normalized spacial score (nSPS) is 20.1. The lowest BCUT2D eigenvalue weighted by molar-refractivity contribution is -0.161. The maximum atomic E-state index is 12.7. The van der Waals surface area contributed by atoms with Crippen molar-refractivity contribution < 1.29 is 27.5 Å². The van der Waals surface area contributed by atoms with Crippen LogP contribution in [0.1, 0.15) is 12.5 Å². The van der Waals surface area contributed by atoms with Gasteiger partial charge in [0, 0.05) is 6.26 Å². The van der Waals surface area contributed by atoms with E-state index in [1.54, 1.807) is 31.2 Å². The molecule has 8 nitrogen and oxygen atoms in total. The number of hydrogen-bond donors (Lipinski definition) is 1. The first-order valence-corrected chi connectivity index (χ1v) is 11.6. The Kier molecular flexibility index (Phi) is 6.89. The molecule has 0 saturated carbocycles. The number of amides is 2. The number of methoxy groups -OCH3 is 1. The van der Waals surface area contributed by atoms with Gasteiger partial charge in [0.1, 0.15) is 11.4 Å². The van der Waals surface area contributed by atoms with E-state index in [0.717, 1.165) is 16.7 Å². The van der Waals surface area contributed by atoms with Gasteiger partial charge in [0.25, 0.3) is 0 Å². The molecule has 1 aliphatic rings. The highest BCUT2D eigenvalue weighted by Gasteiger charge is 2.55. The van der Waals surface area contributed by atoms with Crippen molar-refractivity contribution >= 4 is 37.4 Å². The van der Waals surface area contributed by atoms with Crippen molar-refractivity contribution in [2.45, 2.75) is 30.8 Å². The molecule has 3 atom stereocenters. The van der Waals surface area contributed by atoms with Crippen LogP contribution in [-0.4, -0.2) is 61.9 Å². The number of nitrogens with one attached hydrogen (secondary N) is 1. The van der Waals surface area contributed by atoms with Crippen molar-refractivity contribution in [1.29, 1.82) is 0 Å². The predicted molar refractivity (Wildman–Crippen MR) is 106 cm³/mol. The third kappa shape index (κ3) is 5.14. The zero-order chi connectivity index (χ0) is 21.1. The molecule has 0 bridgehead atoms. The minimum absolute atomic E-state index is 0.0435. The first-order valence-electron chi connectivity index (χ1n) is 8.32. The molecule has 0 aliphatic carbocycles. The first kappa shape index (κ1) is 22.0. The molecule has 1 heterocycles. The SMILES string of the molecule is C=C(C)C(C(=O)OC)N1C(=O)C(NC(=O)Cc2ccccc2)C1SS(C)(=O)=O. The van der Waals surface area contributed by atoms with E-state index in [2.05, 4.69) is 11.9 Å². The molecule has 0 spiro atoms. The van der Waals surface area contributed by atoms with Crippen LogP contribution in [0.4, 0.5) is 0 Å². The quantitative estimate of drug-likeness (QED) is 0.282. The Labute approximate surface area is 167 Å². The van der Waals surface area contributed by atoms with Crippen LogP contribution in [0.3, 0.4) is 0 Å². The zero-order valence-electron chi connectivity index (χ0n) is 15.7. The van der Waals surface area contributed by atoms with E-state index in [-0.39, 0.29) is 6.42 Å². The van der Waals surface area contributed by atoms with Crippen LogP contribution in [0.5, 0.6) is 0 Å². The molecule has 1 aliphatic heterocycles. The maximum Gasteiger partial charge on any atom is 0.332 e. The van der Waals surface area contributed by atoms with Crippen LogP contribution >= 0.6 is 10.8 Å². The summed E-state index contributed by atoms with van der Waals surface area (Å²) in [6, 6.07) is 6.74. The molecule has 0 aromatic heterocycles. The van der Waals surface area contributed by atoms with E-state index in [1.165, 1.54) is 7.11 Å². The average Bonchev–Trinajstić information content (AvgIpc) is 2.62. The van der Waals surface area contributed by atoms with Gasteiger partial charge in [-0.15, -0.1) is 0 Å². The van der Waals surface area contributed by atoms with Gasteiger partial charge in [-0.1, -0.05) is 36.9 Å². The van der Waals surface area contributed by atoms with Crippen molar-refractivity contribution in [2.75, 3.05) is 13.4 Å². The van der Waals surface area contributed by atoms with E-state index in [1.807, 2.05) is 6.07 Å². The second-order valence-electron chi connectivity index (χ2n) is 6.42. The Balaban J connectivity index is 2.21. The Bertz CT molecular complexity index is 885. The molecular weight excluding hydrogens is 404 g/mol. The smallest absolute Gasteiger partial charge is 0.332 e. The fourth-order valence-corrected chi connectivity index (χ4v) is 5.50. The molecule has 1 N–H and O–H groups in total. The summed E-state index contributed by atoms with van der Waals surface area (Å²) in [7, 11) is -1.90. The molecule has 1 saturated heterocycles. The number of nitrogens with zero attached hydrogens (tertiary/aromatic N) is 1. The van der Waals surface area contributed by atoms with Gasteiger partial charge in [-0.3, -0.25) is 9.59 Å². The van der Waals surface area contributed by atoms with Gasteiger partial charge in [0.2, 0.25) is 20.7 Å². The number of carbonyl (C=O) groups excluding carboxylic acids is 3. The number of benzene rings is 1. The molecule has 152 valence electrons. The van der Waals surface area contributed by atoms with Crippen LogP contribution < -0.4 is 5.32 Å². The molecule has 28 heavy (non-hydrogen) atoms. The molecule has 3 unspecified atom stereocenters. The molecule has 1 aromatic rings. The molecule has 0 radical (unpaired) electrons. The summed E-state index contributed by atoms with van der Waals surface area (Å²) in [6.07, 6.45) is 1.04. The number of β-lactam (4-membered cyclic amide) rings is 1. The first-order chi connectivity index (χ1) is 13.0. The molecule has 10 heteroatoms.